The fraction of sp³-hybridized carbons (Fsp3) is 0.227. The van der Waals surface area contributed by atoms with Gasteiger partial charge in [0.15, 0.2) is 0 Å². The quantitative estimate of drug-likeness (QED) is 0.528. The highest BCUT2D eigenvalue weighted by atomic mass is 19.1. The number of ether oxygens (including phenoxy) is 1. The highest BCUT2D eigenvalue weighted by molar-refractivity contribution is 5.65. The Morgan fingerprint density at radius 2 is 1.72 bits per heavy atom. The topological polar surface area (TPSA) is 55.5 Å². The minimum atomic E-state index is -0.254. The number of rotatable bonds is 4. The maximum absolute atomic E-state index is 13.1. The molecular weight excluding hydrogens is 369 g/mol. The number of hydrogen-bond acceptors (Lipinski definition) is 5. The molecule has 146 valence electrons. The number of halogens is 1. The van der Waals surface area contributed by atoms with Crippen LogP contribution >= 0.6 is 0 Å². The molecule has 1 aliphatic heterocycles. The van der Waals surface area contributed by atoms with E-state index in [-0.39, 0.29) is 11.9 Å². The number of hydrogen-bond donors (Lipinski definition) is 0. The Morgan fingerprint density at radius 3 is 2.48 bits per heavy atom. The van der Waals surface area contributed by atoms with Gasteiger partial charge in [-0.25, -0.2) is 9.37 Å². The van der Waals surface area contributed by atoms with Gasteiger partial charge in [-0.2, -0.15) is 14.6 Å². The monoisotopic (exact) mass is 389 g/mol. The second-order valence-corrected chi connectivity index (χ2v) is 7.10. The van der Waals surface area contributed by atoms with Crippen LogP contribution in [0.5, 0.6) is 5.75 Å². The molecule has 0 unspecified atom stereocenters. The van der Waals surface area contributed by atoms with Crippen LogP contribution in [0.4, 0.5) is 10.2 Å². The number of nitrogens with zero attached hydrogens (tertiary/aromatic N) is 5. The molecule has 3 heterocycles. The molecule has 0 bridgehead atoms. The van der Waals surface area contributed by atoms with Crippen molar-refractivity contribution in [3.63, 3.8) is 0 Å². The highest BCUT2D eigenvalue weighted by Crippen LogP contribution is 2.27. The molecule has 7 heteroatoms. The summed E-state index contributed by atoms with van der Waals surface area (Å²) in [6.07, 6.45) is 3.39. The summed E-state index contributed by atoms with van der Waals surface area (Å²) in [4.78, 5) is 11.2. The third kappa shape index (κ3) is 3.63. The van der Waals surface area contributed by atoms with Crippen molar-refractivity contribution in [1.29, 1.82) is 0 Å². The lowest BCUT2D eigenvalue weighted by Gasteiger charge is -2.33. The Labute approximate surface area is 167 Å². The maximum Gasteiger partial charge on any atom is 0.254 e. The van der Waals surface area contributed by atoms with Crippen LogP contribution in [0.3, 0.4) is 0 Å². The predicted octanol–water partition coefficient (Wildman–Crippen LogP) is 3.98. The minimum Gasteiger partial charge on any atom is -0.490 e. The van der Waals surface area contributed by atoms with Gasteiger partial charge in [-0.3, -0.25) is 0 Å². The third-order valence-electron chi connectivity index (χ3n) is 5.18. The first-order chi connectivity index (χ1) is 14.3. The number of anilines is 1. The molecule has 0 aliphatic carbocycles. The van der Waals surface area contributed by atoms with Crippen molar-refractivity contribution in [3.8, 4) is 17.0 Å². The third-order valence-corrected chi connectivity index (χ3v) is 5.18. The molecule has 0 spiro atoms. The number of benzene rings is 2. The fourth-order valence-corrected chi connectivity index (χ4v) is 3.69. The van der Waals surface area contributed by atoms with E-state index in [2.05, 4.69) is 26.0 Å². The Bertz CT molecular complexity index is 1110. The van der Waals surface area contributed by atoms with Crippen LogP contribution < -0.4 is 9.64 Å². The Kier molecular flexibility index (Phi) is 4.56. The van der Waals surface area contributed by atoms with E-state index in [1.807, 2.05) is 30.3 Å². The Morgan fingerprint density at radius 1 is 0.966 bits per heavy atom. The first-order valence-electron chi connectivity index (χ1n) is 9.70. The van der Waals surface area contributed by atoms with Gasteiger partial charge in [-0.15, -0.1) is 0 Å². The molecule has 1 fully saturated rings. The maximum atomic E-state index is 13.1. The molecule has 2 aromatic carbocycles. The van der Waals surface area contributed by atoms with Gasteiger partial charge in [-0.1, -0.05) is 30.3 Å². The van der Waals surface area contributed by atoms with Crippen LogP contribution in [0.2, 0.25) is 0 Å². The lowest BCUT2D eigenvalue weighted by Crippen LogP contribution is -2.39. The zero-order valence-corrected chi connectivity index (χ0v) is 15.8. The lowest BCUT2D eigenvalue weighted by atomic mass is 10.1. The van der Waals surface area contributed by atoms with E-state index in [1.165, 1.54) is 18.5 Å². The van der Waals surface area contributed by atoms with Crippen molar-refractivity contribution in [2.45, 2.75) is 18.9 Å². The molecule has 0 saturated carbocycles. The normalized spacial score (nSPS) is 15.0. The number of piperidine rings is 1. The van der Waals surface area contributed by atoms with Gasteiger partial charge in [0.2, 0.25) is 0 Å². The van der Waals surface area contributed by atoms with E-state index in [0.29, 0.717) is 11.5 Å². The summed E-state index contributed by atoms with van der Waals surface area (Å²) in [6, 6.07) is 18.4. The second kappa shape index (κ2) is 7.50. The van der Waals surface area contributed by atoms with Crippen LogP contribution in [0.15, 0.2) is 67.0 Å². The van der Waals surface area contributed by atoms with Gasteiger partial charge in [0.25, 0.3) is 5.78 Å². The van der Waals surface area contributed by atoms with Gasteiger partial charge in [0.1, 0.15) is 29.8 Å². The highest BCUT2D eigenvalue weighted by Gasteiger charge is 2.23. The summed E-state index contributed by atoms with van der Waals surface area (Å²) in [5, 5.41) is 4.36. The van der Waals surface area contributed by atoms with Crippen LogP contribution in [-0.4, -0.2) is 38.8 Å². The second-order valence-electron chi connectivity index (χ2n) is 7.10. The van der Waals surface area contributed by atoms with Crippen molar-refractivity contribution in [2.24, 2.45) is 0 Å². The number of aromatic nitrogens is 4. The summed E-state index contributed by atoms with van der Waals surface area (Å²) in [6.45, 7) is 1.66. The SMILES string of the molecule is Fc1ccc(OC2CCN(c3cc(-c4ccccc4)nc4ncnn34)CC2)cc1. The van der Waals surface area contributed by atoms with Crippen LogP contribution in [0.25, 0.3) is 17.0 Å². The molecule has 1 saturated heterocycles. The van der Waals surface area contributed by atoms with E-state index in [9.17, 15) is 4.39 Å². The van der Waals surface area contributed by atoms with Crippen molar-refractivity contribution >= 4 is 11.6 Å². The van der Waals surface area contributed by atoms with Crippen LogP contribution in [-0.2, 0) is 0 Å². The molecule has 0 N–H and O–H groups in total. The smallest absolute Gasteiger partial charge is 0.254 e. The molecule has 0 radical (unpaired) electrons. The van der Waals surface area contributed by atoms with Gasteiger partial charge < -0.3 is 9.64 Å². The predicted molar refractivity (Wildman–Crippen MR) is 108 cm³/mol. The molecule has 29 heavy (non-hydrogen) atoms. The molecular formula is C22H20FN5O. The Hall–Kier alpha value is -3.48. The molecule has 0 atom stereocenters. The molecule has 2 aromatic heterocycles. The summed E-state index contributed by atoms with van der Waals surface area (Å²) >= 11 is 0. The molecule has 6 nitrogen and oxygen atoms in total. The molecule has 5 rings (SSSR count). The first kappa shape index (κ1) is 17.6. The van der Waals surface area contributed by atoms with Crippen molar-refractivity contribution in [2.75, 3.05) is 18.0 Å². The van der Waals surface area contributed by atoms with E-state index in [1.54, 1.807) is 16.6 Å². The summed E-state index contributed by atoms with van der Waals surface area (Å²) in [7, 11) is 0. The van der Waals surface area contributed by atoms with Gasteiger partial charge in [-0.05, 0) is 24.3 Å². The van der Waals surface area contributed by atoms with E-state index in [4.69, 9.17) is 4.74 Å². The average Bonchev–Trinajstić information content (AvgIpc) is 3.25. The first-order valence-corrected chi connectivity index (χ1v) is 9.70. The number of fused-ring (bicyclic) bond motifs is 1. The largest absolute Gasteiger partial charge is 0.490 e. The molecule has 4 aromatic rings. The fourth-order valence-electron chi connectivity index (χ4n) is 3.69. The van der Waals surface area contributed by atoms with Crippen LogP contribution in [0, 0.1) is 5.82 Å². The van der Waals surface area contributed by atoms with E-state index in [0.717, 1.165) is 43.0 Å². The van der Waals surface area contributed by atoms with Gasteiger partial charge >= 0.3 is 0 Å². The molecule has 0 amide bonds. The standard InChI is InChI=1S/C22H20FN5O/c23-17-6-8-18(9-7-17)29-19-10-12-27(13-11-19)21-14-20(16-4-2-1-3-5-16)26-22-24-15-25-28(21)22/h1-9,14-15,19H,10-13H2. The van der Waals surface area contributed by atoms with Gasteiger partial charge in [0, 0.05) is 37.6 Å². The minimum absolute atomic E-state index is 0.110. The summed E-state index contributed by atoms with van der Waals surface area (Å²) in [5.74, 6) is 2.02. The zero-order chi connectivity index (χ0) is 19.6. The van der Waals surface area contributed by atoms with E-state index < -0.39 is 0 Å². The zero-order valence-electron chi connectivity index (χ0n) is 15.8. The van der Waals surface area contributed by atoms with E-state index >= 15 is 0 Å². The van der Waals surface area contributed by atoms with Crippen molar-refractivity contribution < 1.29 is 9.13 Å². The van der Waals surface area contributed by atoms with Crippen molar-refractivity contribution in [1.82, 2.24) is 19.6 Å². The van der Waals surface area contributed by atoms with Gasteiger partial charge in [0.05, 0.1) is 5.69 Å². The lowest BCUT2D eigenvalue weighted by molar-refractivity contribution is 0.170. The summed E-state index contributed by atoms with van der Waals surface area (Å²) < 4.78 is 20.9. The molecule has 1 aliphatic rings. The van der Waals surface area contributed by atoms with Crippen molar-refractivity contribution in [3.05, 3.63) is 72.8 Å². The van der Waals surface area contributed by atoms with Crippen LogP contribution in [0.1, 0.15) is 12.8 Å². The summed E-state index contributed by atoms with van der Waals surface area (Å²) in [5.41, 5.74) is 1.93. The Balaban J connectivity index is 1.36. The average molecular weight is 389 g/mol.